The Morgan fingerprint density at radius 3 is 2.35 bits per heavy atom. The topological polar surface area (TPSA) is 46.5 Å². The number of phenols is 1. The molecule has 3 nitrogen and oxygen atoms in total. The summed E-state index contributed by atoms with van der Waals surface area (Å²) in [6.07, 6.45) is 3.99. The predicted molar refractivity (Wildman–Crippen MR) is 92.7 cm³/mol. The van der Waals surface area contributed by atoms with E-state index in [1.165, 1.54) is 6.08 Å². The van der Waals surface area contributed by atoms with Crippen molar-refractivity contribution in [1.82, 2.24) is 0 Å². The van der Waals surface area contributed by atoms with Crippen molar-refractivity contribution in [3.63, 3.8) is 0 Å². The Bertz CT molecular complexity index is 877. The molecule has 0 heterocycles. The highest BCUT2D eigenvalue weighted by atomic mass is 16.5. The van der Waals surface area contributed by atoms with Crippen LogP contribution in [0.15, 0.2) is 60.7 Å². The molecule has 0 atom stereocenters. The Balaban J connectivity index is 2.29. The molecule has 23 heavy (non-hydrogen) atoms. The first kappa shape index (κ1) is 14.9. The van der Waals surface area contributed by atoms with Crippen LogP contribution in [0.2, 0.25) is 0 Å². The normalized spacial score (nSPS) is 11.0. The van der Waals surface area contributed by atoms with Crippen LogP contribution in [0.4, 0.5) is 0 Å². The van der Waals surface area contributed by atoms with E-state index < -0.39 is 0 Å². The molecule has 0 saturated carbocycles. The average Bonchev–Trinajstić information content (AvgIpc) is 2.61. The molecule has 0 bridgehead atoms. The van der Waals surface area contributed by atoms with Gasteiger partial charge in [0.15, 0.2) is 0 Å². The number of aldehydes is 1. The second-order valence-electron chi connectivity index (χ2n) is 5.13. The minimum atomic E-state index is 0.217. The smallest absolute Gasteiger partial charge is 0.142 e. The number of aromatic hydroxyl groups is 1. The molecule has 0 aliphatic rings. The Morgan fingerprint density at radius 1 is 1.00 bits per heavy atom. The van der Waals surface area contributed by atoms with Gasteiger partial charge in [0, 0.05) is 5.39 Å². The highest BCUT2D eigenvalue weighted by Crippen LogP contribution is 2.37. The van der Waals surface area contributed by atoms with E-state index in [0.29, 0.717) is 0 Å². The second kappa shape index (κ2) is 6.36. The third kappa shape index (κ3) is 2.81. The lowest BCUT2D eigenvalue weighted by Crippen LogP contribution is -1.88. The molecule has 3 aromatic carbocycles. The van der Waals surface area contributed by atoms with Crippen molar-refractivity contribution in [3.05, 3.63) is 66.2 Å². The Kier molecular flexibility index (Phi) is 4.11. The quantitative estimate of drug-likeness (QED) is 0.573. The molecule has 3 heteroatoms. The Labute approximate surface area is 134 Å². The lowest BCUT2D eigenvalue weighted by Gasteiger charge is -2.12. The molecule has 0 unspecified atom stereocenters. The molecule has 0 fully saturated rings. The summed E-state index contributed by atoms with van der Waals surface area (Å²) in [5.41, 5.74) is 2.70. The van der Waals surface area contributed by atoms with E-state index in [1.807, 2.05) is 48.5 Å². The van der Waals surface area contributed by atoms with Crippen LogP contribution in [0.1, 0.15) is 5.56 Å². The third-order valence-corrected chi connectivity index (χ3v) is 3.81. The van der Waals surface area contributed by atoms with Gasteiger partial charge in [-0.25, -0.2) is 0 Å². The summed E-state index contributed by atoms with van der Waals surface area (Å²) in [5.74, 6) is 0.985. The van der Waals surface area contributed by atoms with Crippen molar-refractivity contribution < 1.29 is 14.6 Å². The number of carbonyl (C=O) groups excluding carboxylic acids is 1. The molecule has 0 amide bonds. The maximum atomic E-state index is 10.8. The van der Waals surface area contributed by atoms with E-state index in [-0.39, 0.29) is 5.75 Å². The molecule has 3 aromatic rings. The Morgan fingerprint density at radius 2 is 1.70 bits per heavy atom. The standard InChI is InChI=1S/C20H16O3/c1-23-15-10-8-14(9-11-15)19-13-20(22)18-6-3-2-5-16(18)17(19)7-4-12-21/h2-13,22H,1H3/b7-4+. The van der Waals surface area contributed by atoms with Crippen LogP contribution < -0.4 is 4.74 Å². The number of methoxy groups -OCH3 is 1. The van der Waals surface area contributed by atoms with Crippen LogP contribution in [-0.4, -0.2) is 18.5 Å². The van der Waals surface area contributed by atoms with Crippen molar-refractivity contribution in [2.45, 2.75) is 0 Å². The number of hydrogen-bond acceptors (Lipinski definition) is 3. The van der Waals surface area contributed by atoms with Crippen molar-refractivity contribution in [3.8, 4) is 22.6 Å². The molecule has 1 N–H and O–H groups in total. The summed E-state index contributed by atoms with van der Waals surface area (Å²) in [7, 11) is 1.62. The zero-order valence-corrected chi connectivity index (χ0v) is 12.7. The highest BCUT2D eigenvalue weighted by molar-refractivity contribution is 6.01. The molecule has 0 spiro atoms. The van der Waals surface area contributed by atoms with E-state index in [1.54, 1.807) is 19.3 Å². The Hall–Kier alpha value is -3.07. The van der Waals surface area contributed by atoms with Crippen LogP contribution in [-0.2, 0) is 4.79 Å². The number of benzene rings is 3. The van der Waals surface area contributed by atoms with Crippen molar-refractivity contribution >= 4 is 23.1 Å². The zero-order valence-electron chi connectivity index (χ0n) is 12.7. The molecule has 0 saturated heterocycles. The molecular formula is C20H16O3. The number of rotatable bonds is 4. The van der Waals surface area contributed by atoms with Gasteiger partial charge >= 0.3 is 0 Å². The van der Waals surface area contributed by atoms with E-state index in [4.69, 9.17) is 4.74 Å². The maximum Gasteiger partial charge on any atom is 0.142 e. The SMILES string of the molecule is COc1ccc(-c2cc(O)c3ccccc3c2/C=C/C=O)cc1. The molecule has 0 aliphatic heterocycles. The van der Waals surface area contributed by atoms with Crippen LogP contribution in [0.5, 0.6) is 11.5 Å². The minimum Gasteiger partial charge on any atom is -0.507 e. The first-order valence-electron chi connectivity index (χ1n) is 7.25. The fraction of sp³-hybridized carbons (Fsp3) is 0.0500. The fourth-order valence-electron chi connectivity index (χ4n) is 2.70. The zero-order chi connectivity index (χ0) is 16.2. The van der Waals surface area contributed by atoms with Crippen molar-refractivity contribution in [1.29, 1.82) is 0 Å². The number of allylic oxidation sites excluding steroid dienone is 1. The summed E-state index contributed by atoms with van der Waals surface area (Å²) >= 11 is 0. The molecule has 114 valence electrons. The van der Waals surface area contributed by atoms with Gasteiger partial charge in [0.05, 0.1) is 7.11 Å². The fourth-order valence-corrected chi connectivity index (χ4v) is 2.70. The largest absolute Gasteiger partial charge is 0.507 e. The van der Waals surface area contributed by atoms with E-state index >= 15 is 0 Å². The van der Waals surface area contributed by atoms with Crippen molar-refractivity contribution in [2.24, 2.45) is 0 Å². The number of ether oxygens (including phenoxy) is 1. The highest BCUT2D eigenvalue weighted by Gasteiger charge is 2.11. The molecule has 0 radical (unpaired) electrons. The van der Waals surface area contributed by atoms with Gasteiger partial charge in [0.25, 0.3) is 0 Å². The van der Waals surface area contributed by atoms with Gasteiger partial charge in [0.2, 0.25) is 0 Å². The molecule has 0 aromatic heterocycles. The first-order chi connectivity index (χ1) is 11.2. The summed E-state index contributed by atoms with van der Waals surface area (Å²) < 4.78 is 5.18. The summed E-state index contributed by atoms with van der Waals surface area (Å²) in [4.78, 5) is 10.8. The second-order valence-corrected chi connectivity index (χ2v) is 5.13. The third-order valence-electron chi connectivity index (χ3n) is 3.81. The lowest BCUT2D eigenvalue weighted by molar-refractivity contribution is -0.104. The van der Waals surface area contributed by atoms with E-state index in [0.717, 1.165) is 39.5 Å². The summed E-state index contributed by atoms with van der Waals surface area (Å²) in [6.45, 7) is 0. The van der Waals surface area contributed by atoms with Gasteiger partial charge in [-0.3, -0.25) is 4.79 Å². The average molecular weight is 304 g/mol. The lowest BCUT2D eigenvalue weighted by atomic mass is 9.93. The summed E-state index contributed by atoms with van der Waals surface area (Å²) in [5, 5.41) is 12.0. The van der Waals surface area contributed by atoms with Crippen LogP contribution >= 0.6 is 0 Å². The van der Waals surface area contributed by atoms with Gasteiger partial charge in [-0.05, 0) is 46.4 Å². The maximum absolute atomic E-state index is 10.8. The predicted octanol–water partition coefficient (Wildman–Crippen LogP) is 4.43. The van der Waals surface area contributed by atoms with Crippen LogP contribution in [0.25, 0.3) is 28.0 Å². The number of carbonyl (C=O) groups is 1. The monoisotopic (exact) mass is 304 g/mol. The first-order valence-corrected chi connectivity index (χ1v) is 7.25. The van der Waals surface area contributed by atoms with Gasteiger partial charge in [-0.15, -0.1) is 0 Å². The van der Waals surface area contributed by atoms with Gasteiger partial charge in [0.1, 0.15) is 17.8 Å². The number of hydrogen-bond donors (Lipinski definition) is 1. The minimum absolute atomic E-state index is 0.217. The number of fused-ring (bicyclic) bond motifs is 1. The van der Waals surface area contributed by atoms with Crippen LogP contribution in [0, 0.1) is 0 Å². The molecule has 0 aliphatic carbocycles. The van der Waals surface area contributed by atoms with Gasteiger partial charge in [-0.2, -0.15) is 0 Å². The van der Waals surface area contributed by atoms with Crippen LogP contribution in [0.3, 0.4) is 0 Å². The summed E-state index contributed by atoms with van der Waals surface area (Å²) in [6, 6.07) is 16.9. The van der Waals surface area contributed by atoms with Crippen molar-refractivity contribution in [2.75, 3.05) is 7.11 Å². The number of phenolic OH excluding ortho intramolecular Hbond substituents is 1. The van der Waals surface area contributed by atoms with E-state index in [2.05, 4.69) is 0 Å². The van der Waals surface area contributed by atoms with Gasteiger partial charge in [-0.1, -0.05) is 42.5 Å². The molecular weight excluding hydrogens is 288 g/mol. The molecule has 3 rings (SSSR count). The van der Waals surface area contributed by atoms with E-state index in [9.17, 15) is 9.90 Å². The van der Waals surface area contributed by atoms with Gasteiger partial charge < -0.3 is 9.84 Å².